The smallest absolute Gasteiger partial charge is 0.407 e. The zero-order valence-corrected chi connectivity index (χ0v) is 11.7. The van der Waals surface area contributed by atoms with E-state index in [4.69, 9.17) is 4.74 Å². The third-order valence-electron chi connectivity index (χ3n) is 2.50. The maximum absolute atomic E-state index is 11.6. The van der Waals surface area contributed by atoms with Crippen LogP contribution in [0.2, 0.25) is 0 Å². The average Bonchev–Trinajstić information content (AvgIpc) is 2.25. The van der Waals surface area contributed by atoms with Crippen LogP contribution in [0.4, 0.5) is 4.79 Å². The molecular weight excluding hydrogens is 226 g/mol. The highest BCUT2D eigenvalue weighted by Crippen LogP contribution is 2.20. The molecule has 0 unspecified atom stereocenters. The third kappa shape index (κ3) is 6.28. The molecule has 0 fully saturated rings. The monoisotopic (exact) mass is 249 g/mol. The summed E-state index contributed by atoms with van der Waals surface area (Å²) in [6, 6.07) is 9.79. The molecule has 0 aliphatic rings. The van der Waals surface area contributed by atoms with Gasteiger partial charge in [-0.3, -0.25) is 0 Å². The Morgan fingerprint density at radius 1 is 1.28 bits per heavy atom. The maximum atomic E-state index is 11.6. The Labute approximate surface area is 110 Å². The number of hydrogen-bond acceptors (Lipinski definition) is 2. The predicted octanol–water partition coefficient (Wildman–Crippen LogP) is 3.74. The Hall–Kier alpha value is -1.51. The van der Waals surface area contributed by atoms with Crippen molar-refractivity contribution in [2.75, 3.05) is 0 Å². The number of rotatable bonds is 4. The van der Waals surface area contributed by atoms with Crippen molar-refractivity contribution < 1.29 is 9.53 Å². The number of carbonyl (C=O) groups excluding carboxylic acids is 1. The van der Waals surface area contributed by atoms with Crippen LogP contribution in [0.5, 0.6) is 0 Å². The highest BCUT2D eigenvalue weighted by atomic mass is 16.5. The minimum absolute atomic E-state index is 0.119. The number of benzene rings is 1. The molecule has 0 saturated heterocycles. The first-order chi connectivity index (χ1) is 8.37. The fourth-order valence-corrected chi connectivity index (χ4v) is 1.94. The van der Waals surface area contributed by atoms with Gasteiger partial charge in [-0.25, -0.2) is 4.79 Å². The second kappa shape index (κ2) is 6.43. The number of alkyl carbamates (subject to hydrolysis) is 1. The molecule has 0 aliphatic carbocycles. The topological polar surface area (TPSA) is 38.3 Å². The van der Waals surface area contributed by atoms with Crippen molar-refractivity contribution in [1.82, 2.24) is 5.32 Å². The lowest BCUT2D eigenvalue weighted by Gasteiger charge is -2.23. The van der Waals surface area contributed by atoms with Crippen LogP contribution in [0, 0.1) is 5.41 Å². The molecule has 0 radical (unpaired) electrons. The van der Waals surface area contributed by atoms with Crippen molar-refractivity contribution in [3.8, 4) is 0 Å². The Bertz CT molecular complexity index is 368. The first-order valence-electron chi connectivity index (χ1n) is 6.34. The maximum Gasteiger partial charge on any atom is 0.407 e. The fourth-order valence-electron chi connectivity index (χ4n) is 1.94. The lowest BCUT2D eigenvalue weighted by molar-refractivity contribution is 0.133. The molecule has 0 aliphatic heterocycles. The van der Waals surface area contributed by atoms with E-state index in [1.54, 1.807) is 0 Å². The van der Waals surface area contributed by atoms with Gasteiger partial charge in [0.05, 0.1) is 0 Å². The van der Waals surface area contributed by atoms with E-state index >= 15 is 0 Å². The Balaban J connectivity index is 2.30. The molecule has 0 bridgehead atoms. The number of amides is 1. The average molecular weight is 249 g/mol. The van der Waals surface area contributed by atoms with Crippen LogP contribution in [-0.4, -0.2) is 12.1 Å². The number of hydrogen-bond donors (Lipinski definition) is 1. The van der Waals surface area contributed by atoms with E-state index in [0.29, 0.717) is 6.61 Å². The predicted molar refractivity (Wildman–Crippen MR) is 73.3 cm³/mol. The summed E-state index contributed by atoms with van der Waals surface area (Å²) in [6.07, 6.45) is 0.573. The lowest BCUT2D eigenvalue weighted by Crippen LogP contribution is -2.35. The summed E-state index contributed by atoms with van der Waals surface area (Å²) in [5.41, 5.74) is 1.20. The zero-order valence-electron chi connectivity index (χ0n) is 11.7. The molecule has 0 spiro atoms. The van der Waals surface area contributed by atoms with Crippen LogP contribution >= 0.6 is 0 Å². The molecule has 18 heavy (non-hydrogen) atoms. The SMILES string of the molecule is C[C@H](CC(C)(C)C)NC(=O)OCc1ccccc1. The van der Waals surface area contributed by atoms with E-state index in [0.717, 1.165) is 12.0 Å². The molecule has 1 aromatic carbocycles. The molecular formula is C15H23NO2. The molecule has 1 atom stereocenters. The van der Waals surface area contributed by atoms with Gasteiger partial charge in [0, 0.05) is 6.04 Å². The van der Waals surface area contributed by atoms with Gasteiger partial charge in [0.1, 0.15) is 6.61 Å². The van der Waals surface area contributed by atoms with Crippen molar-refractivity contribution in [2.45, 2.75) is 46.8 Å². The van der Waals surface area contributed by atoms with Gasteiger partial charge in [-0.2, -0.15) is 0 Å². The minimum atomic E-state index is -0.351. The fraction of sp³-hybridized carbons (Fsp3) is 0.533. The second-order valence-corrected chi connectivity index (χ2v) is 5.87. The van der Waals surface area contributed by atoms with Gasteiger partial charge in [-0.15, -0.1) is 0 Å². The number of ether oxygens (including phenoxy) is 1. The van der Waals surface area contributed by atoms with Gasteiger partial charge in [-0.1, -0.05) is 51.1 Å². The summed E-state index contributed by atoms with van der Waals surface area (Å²) in [7, 11) is 0. The minimum Gasteiger partial charge on any atom is -0.445 e. The highest BCUT2D eigenvalue weighted by molar-refractivity contribution is 5.67. The van der Waals surface area contributed by atoms with Gasteiger partial charge < -0.3 is 10.1 Å². The molecule has 1 N–H and O–H groups in total. The summed E-state index contributed by atoms with van der Waals surface area (Å²) in [5, 5.41) is 2.85. The van der Waals surface area contributed by atoms with E-state index in [2.05, 4.69) is 26.1 Å². The molecule has 0 aromatic heterocycles. The van der Waals surface area contributed by atoms with E-state index < -0.39 is 0 Å². The van der Waals surface area contributed by atoms with E-state index in [9.17, 15) is 4.79 Å². The van der Waals surface area contributed by atoms with E-state index in [-0.39, 0.29) is 17.6 Å². The molecule has 0 heterocycles. The molecule has 1 amide bonds. The molecule has 3 nitrogen and oxygen atoms in total. The van der Waals surface area contributed by atoms with Crippen LogP contribution in [0.15, 0.2) is 30.3 Å². The Kier molecular flexibility index (Phi) is 5.20. The standard InChI is InChI=1S/C15H23NO2/c1-12(10-15(2,3)4)16-14(17)18-11-13-8-6-5-7-9-13/h5-9,12H,10-11H2,1-4H3,(H,16,17)/t12-/m1/s1. The molecule has 0 saturated carbocycles. The van der Waals surface area contributed by atoms with Gasteiger partial charge >= 0.3 is 6.09 Å². The van der Waals surface area contributed by atoms with Crippen molar-refractivity contribution in [3.63, 3.8) is 0 Å². The quantitative estimate of drug-likeness (QED) is 0.882. The summed E-state index contributed by atoms with van der Waals surface area (Å²) in [5.74, 6) is 0. The van der Waals surface area contributed by atoms with Gasteiger partial charge in [0.25, 0.3) is 0 Å². The van der Waals surface area contributed by atoms with Crippen LogP contribution in [0.25, 0.3) is 0 Å². The van der Waals surface area contributed by atoms with Crippen LogP contribution < -0.4 is 5.32 Å². The van der Waals surface area contributed by atoms with Crippen molar-refractivity contribution >= 4 is 6.09 Å². The van der Waals surface area contributed by atoms with Gasteiger partial charge in [0.2, 0.25) is 0 Å². The number of nitrogens with one attached hydrogen (secondary N) is 1. The van der Waals surface area contributed by atoms with Crippen LogP contribution in [-0.2, 0) is 11.3 Å². The lowest BCUT2D eigenvalue weighted by atomic mass is 9.89. The van der Waals surface area contributed by atoms with Crippen LogP contribution in [0.1, 0.15) is 39.7 Å². The van der Waals surface area contributed by atoms with Gasteiger partial charge in [-0.05, 0) is 24.3 Å². The van der Waals surface area contributed by atoms with Gasteiger partial charge in [0.15, 0.2) is 0 Å². The Morgan fingerprint density at radius 2 is 1.89 bits per heavy atom. The second-order valence-electron chi connectivity index (χ2n) is 5.87. The third-order valence-corrected chi connectivity index (χ3v) is 2.50. The summed E-state index contributed by atoms with van der Waals surface area (Å²) in [4.78, 5) is 11.6. The largest absolute Gasteiger partial charge is 0.445 e. The Morgan fingerprint density at radius 3 is 2.44 bits per heavy atom. The summed E-state index contributed by atoms with van der Waals surface area (Å²) in [6.45, 7) is 8.77. The first kappa shape index (κ1) is 14.6. The van der Waals surface area contributed by atoms with Crippen molar-refractivity contribution in [1.29, 1.82) is 0 Å². The highest BCUT2D eigenvalue weighted by Gasteiger charge is 2.17. The first-order valence-corrected chi connectivity index (χ1v) is 6.34. The van der Waals surface area contributed by atoms with Crippen LogP contribution in [0.3, 0.4) is 0 Å². The van der Waals surface area contributed by atoms with Crippen molar-refractivity contribution in [2.24, 2.45) is 5.41 Å². The van der Waals surface area contributed by atoms with E-state index in [1.165, 1.54) is 0 Å². The molecule has 3 heteroatoms. The summed E-state index contributed by atoms with van der Waals surface area (Å²) >= 11 is 0. The normalized spacial score (nSPS) is 12.9. The van der Waals surface area contributed by atoms with Crippen molar-refractivity contribution in [3.05, 3.63) is 35.9 Å². The number of carbonyl (C=O) groups is 1. The molecule has 1 aromatic rings. The van der Waals surface area contributed by atoms with E-state index in [1.807, 2.05) is 37.3 Å². The molecule has 100 valence electrons. The zero-order chi connectivity index (χ0) is 13.6. The summed E-state index contributed by atoms with van der Waals surface area (Å²) < 4.78 is 5.16. The molecule has 1 rings (SSSR count).